The predicted molar refractivity (Wildman–Crippen MR) is 66.6 cm³/mol. The van der Waals surface area contributed by atoms with E-state index >= 15 is 0 Å². The Kier molecular flexibility index (Phi) is 4.36. The molecule has 0 radical (unpaired) electrons. The summed E-state index contributed by atoms with van der Waals surface area (Å²) in [5.74, 6) is -0.729. The van der Waals surface area contributed by atoms with Crippen LogP contribution in [0.1, 0.15) is 63.6 Å². The number of alkyl halides is 3. The highest BCUT2D eigenvalue weighted by molar-refractivity contribution is 5.06. The summed E-state index contributed by atoms with van der Waals surface area (Å²) in [6, 6.07) is 0. The van der Waals surface area contributed by atoms with Crippen molar-refractivity contribution in [3.05, 3.63) is 11.7 Å². The molecule has 2 N–H and O–H groups in total. The first-order chi connectivity index (χ1) is 9.35. The van der Waals surface area contributed by atoms with E-state index in [0.29, 0.717) is 18.8 Å². The Bertz CT molecular complexity index is 446. The third-order valence-corrected chi connectivity index (χ3v) is 4.04. The van der Waals surface area contributed by atoms with E-state index in [-0.39, 0.29) is 5.82 Å². The molecular formula is C13H20F3N3O. The van der Waals surface area contributed by atoms with Gasteiger partial charge in [-0.25, -0.2) is 0 Å². The number of hydrogen-bond donors (Lipinski definition) is 1. The Morgan fingerprint density at radius 2 is 2.10 bits per heavy atom. The normalized spacial score (nSPS) is 28.4. The molecule has 0 amide bonds. The van der Waals surface area contributed by atoms with Crippen molar-refractivity contribution in [2.75, 3.05) is 0 Å². The highest BCUT2D eigenvalue weighted by atomic mass is 19.4. The van der Waals surface area contributed by atoms with Gasteiger partial charge in [0, 0.05) is 0 Å². The average Bonchev–Trinajstić information content (AvgIpc) is 2.79. The van der Waals surface area contributed by atoms with E-state index in [4.69, 9.17) is 5.73 Å². The lowest BCUT2D eigenvalue weighted by molar-refractivity contribution is -0.159. The molecule has 114 valence electrons. The van der Waals surface area contributed by atoms with E-state index in [1.165, 1.54) is 0 Å². The van der Waals surface area contributed by atoms with E-state index in [9.17, 15) is 13.2 Å². The molecule has 1 aromatic heterocycles. The molecule has 1 heterocycles. The van der Waals surface area contributed by atoms with Crippen molar-refractivity contribution in [1.82, 2.24) is 10.1 Å². The highest BCUT2D eigenvalue weighted by Gasteiger charge is 2.42. The molecular weight excluding hydrogens is 271 g/mol. The quantitative estimate of drug-likeness (QED) is 0.864. The lowest BCUT2D eigenvalue weighted by Gasteiger charge is -2.24. The van der Waals surface area contributed by atoms with Crippen molar-refractivity contribution < 1.29 is 17.7 Å². The molecule has 2 atom stereocenters. The molecule has 7 heteroatoms. The van der Waals surface area contributed by atoms with Gasteiger partial charge in [0.2, 0.25) is 0 Å². The first kappa shape index (κ1) is 15.3. The van der Waals surface area contributed by atoms with E-state index < -0.39 is 17.6 Å². The zero-order chi connectivity index (χ0) is 14.8. The third-order valence-electron chi connectivity index (χ3n) is 4.04. The van der Waals surface area contributed by atoms with Crippen molar-refractivity contribution in [3.8, 4) is 0 Å². The number of nitrogens with two attached hydrogens (primary N) is 1. The van der Waals surface area contributed by atoms with Gasteiger partial charge >= 0.3 is 12.1 Å². The number of nitrogens with zero attached hydrogens (tertiary/aromatic N) is 2. The largest absolute Gasteiger partial charge is 0.471 e. The number of hydrogen-bond acceptors (Lipinski definition) is 4. The SMILES string of the molecule is CCCC1CCCC(N)(c2noc(C(F)(F)F)n2)CC1. The van der Waals surface area contributed by atoms with Crippen molar-refractivity contribution >= 4 is 0 Å². The second-order valence-electron chi connectivity index (χ2n) is 5.66. The van der Waals surface area contributed by atoms with Crippen molar-refractivity contribution in [3.63, 3.8) is 0 Å². The van der Waals surface area contributed by atoms with Crippen molar-refractivity contribution in [1.29, 1.82) is 0 Å². The molecule has 0 saturated heterocycles. The smallest absolute Gasteiger partial charge is 0.329 e. The Morgan fingerprint density at radius 3 is 2.70 bits per heavy atom. The molecule has 0 bridgehead atoms. The molecule has 20 heavy (non-hydrogen) atoms. The minimum atomic E-state index is -4.61. The van der Waals surface area contributed by atoms with Crippen molar-refractivity contribution in [2.24, 2.45) is 11.7 Å². The Labute approximate surface area is 115 Å². The van der Waals surface area contributed by atoms with Crippen LogP contribution < -0.4 is 5.73 Å². The zero-order valence-electron chi connectivity index (χ0n) is 11.5. The van der Waals surface area contributed by atoms with Gasteiger partial charge in [0.05, 0.1) is 5.54 Å². The van der Waals surface area contributed by atoms with Crippen LogP contribution >= 0.6 is 0 Å². The molecule has 0 aliphatic heterocycles. The van der Waals surface area contributed by atoms with Crippen molar-refractivity contribution in [2.45, 2.75) is 63.6 Å². The molecule has 1 aromatic rings. The van der Waals surface area contributed by atoms with Crippen LogP contribution in [0.2, 0.25) is 0 Å². The summed E-state index contributed by atoms with van der Waals surface area (Å²) in [7, 11) is 0. The summed E-state index contributed by atoms with van der Waals surface area (Å²) < 4.78 is 41.8. The van der Waals surface area contributed by atoms with Gasteiger partial charge in [-0.05, 0) is 25.2 Å². The van der Waals surface area contributed by atoms with Crippen LogP contribution in [0.5, 0.6) is 0 Å². The summed E-state index contributed by atoms with van der Waals surface area (Å²) >= 11 is 0. The summed E-state index contributed by atoms with van der Waals surface area (Å²) in [6.07, 6.45) is 1.70. The molecule has 1 aliphatic rings. The maximum absolute atomic E-state index is 12.5. The van der Waals surface area contributed by atoms with E-state index in [1.54, 1.807) is 0 Å². The molecule has 1 fully saturated rings. The Balaban J connectivity index is 2.12. The molecule has 1 aliphatic carbocycles. The second-order valence-corrected chi connectivity index (χ2v) is 5.66. The minimum absolute atomic E-state index is 0.0121. The van der Waals surface area contributed by atoms with E-state index in [1.807, 2.05) is 0 Å². The molecule has 2 unspecified atom stereocenters. The second kappa shape index (κ2) is 5.71. The monoisotopic (exact) mass is 291 g/mol. The van der Waals surface area contributed by atoms with Gasteiger partial charge in [0.1, 0.15) is 0 Å². The van der Waals surface area contributed by atoms with Gasteiger partial charge in [-0.3, -0.25) is 0 Å². The van der Waals surface area contributed by atoms with Crippen LogP contribution in [0.15, 0.2) is 4.52 Å². The van der Waals surface area contributed by atoms with Gasteiger partial charge in [0.25, 0.3) is 0 Å². The van der Waals surface area contributed by atoms with Crippen LogP contribution in [0, 0.1) is 5.92 Å². The molecule has 0 spiro atoms. The Hall–Kier alpha value is -1.11. The van der Waals surface area contributed by atoms with Gasteiger partial charge in [-0.15, -0.1) is 0 Å². The summed E-state index contributed by atoms with van der Waals surface area (Å²) in [6.45, 7) is 2.13. The van der Waals surface area contributed by atoms with Crippen LogP contribution in [-0.2, 0) is 11.7 Å². The first-order valence-corrected chi connectivity index (χ1v) is 7.05. The predicted octanol–water partition coefficient (Wildman–Crippen LogP) is 3.62. The topological polar surface area (TPSA) is 64.9 Å². The standard InChI is InChI=1S/C13H20F3N3O/c1-2-4-9-5-3-7-12(17,8-6-9)10-18-11(20-19-10)13(14,15)16/h9H,2-8,17H2,1H3. The van der Waals surface area contributed by atoms with Gasteiger partial charge in [-0.2, -0.15) is 18.2 Å². The number of rotatable bonds is 3. The minimum Gasteiger partial charge on any atom is -0.329 e. The average molecular weight is 291 g/mol. The van der Waals surface area contributed by atoms with E-state index in [2.05, 4.69) is 21.6 Å². The number of halogens is 3. The Morgan fingerprint density at radius 1 is 1.35 bits per heavy atom. The van der Waals surface area contributed by atoms with Crippen LogP contribution in [-0.4, -0.2) is 10.1 Å². The lowest BCUT2D eigenvalue weighted by Crippen LogP contribution is -2.37. The highest BCUT2D eigenvalue weighted by Crippen LogP contribution is 2.37. The van der Waals surface area contributed by atoms with Gasteiger partial charge in [0.15, 0.2) is 5.82 Å². The molecule has 1 saturated carbocycles. The maximum atomic E-state index is 12.5. The van der Waals surface area contributed by atoms with Crippen LogP contribution in [0.25, 0.3) is 0 Å². The maximum Gasteiger partial charge on any atom is 0.471 e. The van der Waals surface area contributed by atoms with E-state index in [0.717, 1.165) is 32.1 Å². The first-order valence-electron chi connectivity index (χ1n) is 7.05. The molecule has 2 rings (SSSR count). The fraction of sp³-hybridized carbons (Fsp3) is 0.846. The van der Waals surface area contributed by atoms with Crippen LogP contribution in [0.4, 0.5) is 13.2 Å². The lowest BCUT2D eigenvalue weighted by atomic mass is 9.89. The summed E-state index contributed by atoms with van der Waals surface area (Å²) in [5.41, 5.74) is 5.35. The third kappa shape index (κ3) is 3.31. The van der Waals surface area contributed by atoms with Gasteiger partial charge in [-0.1, -0.05) is 37.8 Å². The molecule has 4 nitrogen and oxygen atoms in total. The molecule has 0 aromatic carbocycles. The fourth-order valence-corrected chi connectivity index (χ4v) is 2.90. The number of aromatic nitrogens is 2. The fourth-order valence-electron chi connectivity index (χ4n) is 2.90. The summed E-state index contributed by atoms with van der Waals surface area (Å²) in [4.78, 5) is 3.46. The van der Waals surface area contributed by atoms with Gasteiger partial charge < -0.3 is 10.3 Å². The van der Waals surface area contributed by atoms with Crippen LogP contribution in [0.3, 0.4) is 0 Å². The zero-order valence-corrected chi connectivity index (χ0v) is 11.5. The summed E-state index contributed by atoms with van der Waals surface area (Å²) in [5, 5.41) is 3.46.